The first-order chi connectivity index (χ1) is 8.41. The molecule has 2 fully saturated rings. The normalized spacial score (nSPS) is 34.6. The van der Waals surface area contributed by atoms with Gasteiger partial charge in [0.15, 0.2) is 9.84 Å². The SMILES string of the molecule is CS(=O)(=O)C1CCCC1N1CCOCC1C(=O)O. The van der Waals surface area contributed by atoms with Gasteiger partial charge in [0.25, 0.3) is 0 Å². The van der Waals surface area contributed by atoms with Gasteiger partial charge in [-0.3, -0.25) is 9.69 Å². The van der Waals surface area contributed by atoms with Crippen molar-refractivity contribution in [2.75, 3.05) is 26.0 Å². The second-order valence-corrected chi connectivity index (χ2v) is 7.30. The maximum atomic E-state index is 11.8. The Balaban J connectivity index is 2.20. The van der Waals surface area contributed by atoms with Crippen LogP contribution in [-0.2, 0) is 19.4 Å². The minimum absolute atomic E-state index is 0.141. The molecule has 1 aliphatic heterocycles. The molecule has 0 aromatic heterocycles. The molecule has 104 valence electrons. The molecule has 0 spiro atoms. The fraction of sp³-hybridized carbons (Fsp3) is 0.909. The molecule has 2 rings (SSSR count). The number of ether oxygens (including phenoxy) is 1. The van der Waals surface area contributed by atoms with Crippen LogP contribution in [-0.4, -0.2) is 67.7 Å². The van der Waals surface area contributed by atoms with Crippen molar-refractivity contribution in [3.8, 4) is 0 Å². The van der Waals surface area contributed by atoms with Gasteiger partial charge >= 0.3 is 5.97 Å². The number of hydrogen-bond acceptors (Lipinski definition) is 5. The first kappa shape index (κ1) is 13.8. The van der Waals surface area contributed by atoms with Crippen LogP contribution in [0.15, 0.2) is 0 Å². The summed E-state index contributed by atoms with van der Waals surface area (Å²) < 4.78 is 28.7. The van der Waals surface area contributed by atoms with E-state index in [0.29, 0.717) is 19.6 Å². The zero-order chi connectivity index (χ0) is 13.3. The minimum Gasteiger partial charge on any atom is -0.480 e. The molecule has 3 unspecified atom stereocenters. The molecule has 1 aliphatic carbocycles. The second kappa shape index (κ2) is 5.14. The highest BCUT2D eigenvalue weighted by atomic mass is 32.2. The summed E-state index contributed by atoms with van der Waals surface area (Å²) in [4.78, 5) is 13.0. The van der Waals surface area contributed by atoms with Crippen molar-refractivity contribution in [3.05, 3.63) is 0 Å². The number of sulfone groups is 1. The lowest BCUT2D eigenvalue weighted by Crippen LogP contribution is -2.57. The monoisotopic (exact) mass is 277 g/mol. The van der Waals surface area contributed by atoms with E-state index in [0.717, 1.165) is 12.8 Å². The molecule has 0 aromatic rings. The summed E-state index contributed by atoms with van der Waals surface area (Å²) in [6.07, 6.45) is 3.47. The van der Waals surface area contributed by atoms with Crippen LogP contribution < -0.4 is 0 Å². The van der Waals surface area contributed by atoms with Gasteiger partial charge in [0.2, 0.25) is 0 Å². The molecular formula is C11H19NO5S. The summed E-state index contributed by atoms with van der Waals surface area (Å²) in [6.45, 7) is 1.10. The largest absolute Gasteiger partial charge is 0.480 e. The number of carbonyl (C=O) groups is 1. The maximum Gasteiger partial charge on any atom is 0.323 e. The van der Waals surface area contributed by atoms with Gasteiger partial charge in [0.05, 0.1) is 18.5 Å². The molecule has 1 heterocycles. The molecule has 1 saturated carbocycles. The number of aliphatic carboxylic acids is 1. The molecule has 0 radical (unpaired) electrons. The van der Waals surface area contributed by atoms with Crippen LogP contribution in [0.1, 0.15) is 19.3 Å². The molecule has 0 aromatic carbocycles. The van der Waals surface area contributed by atoms with E-state index in [1.54, 1.807) is 0 Å². The van der Waals surface area contributed by atoms with Gasteiger partial charge in [-0.25, -0.2) is 8.42 Å². The summed E-state index contributed by atoms with van der Waals surface area (Å²) in [5.74, 6) is -0.936. The summed E-state index contributed by atoms with van der Waals surface area (Å²) >= 11 is 0. The third-order valence-corrected chi connectivity index (χ3v) is 5.50. The van der Waals surface area contributed by atoms with Crippen molar-refractivity contribution in [2.45, 2.75) is 36.6 Å². The van der Waals surface area contributed by atoms with E-state index < -0.39 is 27.1 Å². The van der Waals surface area contributed by atoms with E-state index >= 15 is 0 Å². The van der Waals surface area contributed by atoms with Crippen molar-refractivity contribution in [3.63, 3.8) is 0 Å². The third kappa shape index (κ3) is 2.67. The van der Waals surface area contributed by atoms with Crippen LogP contribution in [0.2, 0.25) is 0 Å². The zero-order valence-electron chi connectivity index (χ0n) is 10.4. The van der Waals surface area contributed by atoms with Crippen molar-refractivity contribution in [2.24, 2.45) is 0 Å². The lowest BCUT2D eigenvalue weighted by molar-refractivity contribution is -0.151. The Morgan fingerprint density at radius 2 is 2.11 bits per heavy atom. The zero-order valence-corrected chi connectivity index (χ0v) is 11.2. The van der Waals surface area contributed by atoms with Crippen molar-refractivity contribution in [1.29, 1.82) is 0 Å². The highest BCUT2D eigenvalue weighted by molar-refractivity contribution is 7.91. The van der Waals surface area contributed by atoms with Crippen LogP contribution in [0, 0.1) is 0 Å². The van der Waals surface area contributed by atoms with Gasteiger partial charge in [0, 0.05) is 18.8 Å². The summed E-state index contributed by atoms with van der Waals surface area (Å²) in [6, 6.07) is -0.893. The van der Waals surface area contributed by atoms with Crippen LogP contribution in [0.4, 0.5) is 0 Å². The van der Waals surface area contributed by atoms with Gasteiger partial charge in [-0.2, -0.15) is 0 Å². The lowest BCUT2D eigenvalue weighted by Gasteiger charge is -2.39. The van der Waals surface area contributed by atoms with Crippen molar-refractivity contribution < 1.29 is 23.1 Å². The van der Waals surface area contributed by atoms with E-state index in [-0.39, 0.29) is 12.6 Å². The van der Waals surface area contributed by atoms with E-state index in [1.807, 2.05) is 4.90 Å². The molecule has 3 atom stereocenters. The predicted molar refractivity (Wildman–Crippen MR) is 65.2 cm³/mol. The average Bonchev–Trinajstić information content (AvgIpc) is 2.77. The lowest BCUT2D eigenvalue weighted by atomic mass is 10.1. The van der Waals surface area contributed by atoms with Gasteiger partial charge < -0.3 is 9.84 Å². The van der Waals surface area contributed by atoms with E-state index in [2.05, 4.69) is 0 Å². The molecule has 18 heavy (non-hydrogen) atoms. The molecule has 0 bridgehead atoms. The molecule has 7 heteroatoms. The van der Waals surface area contributed by atoms with Gasteiger partial charge in [-0.15, -0.1) is 0 Å². The number of carboxylic acid groups (broad SMARTS) is 1. The highest BCUT2D eigenvalue weighted by Gasteiger charge is 2.43. The second-order valence-electron chi connectivity index (χ2n) is 5.03. The van der Waals surface area contributed by atoms with E-state index in [9.17, 15) is 18.3 Å². The maximum absolute atomic E-state index is 11.8. The van der Waals surface area contributed by atoms with Crippen LogP contribution in [0.25, 0.3) is 0 Å². The average molecular weight is 277 g/mol. The summed E-state index contributed by atoms with van der Waals surface area (Å²) in [5.41, 5.74) is 0. The molecule has 1 N–H and O–H groups in total. The van der Waals surface area contributed by atoms with Crippen LogP contribution in [0.5, 0.6) is 0 Å². The summed E-state index contributed by atoms with van der Waals surface area (Å²) in [7, 11) is -3.13. The fourth-order valence-corrected chi connectivity index (χ4v) is 4.47. The number of hydrogen-bond donors (Lipinski definition) is 1. The minimum atomic E-state index is -3.13. The van der Waals surface area contributed by atoms with Gasteiger partial charge in [-0.1, -0.05) is 6.42 Å². The van der Waals surface area contributed by atoms with Crippen LogP contribution >= 0.6 is 0 Å². The number of nitrogens with zero attached hydrogens (tertiary/aromatic N) is 1. The molecule has 1 saturated heterocycles. The van der Waals surface area contributed by atoms with E-state index in [4.69, 9.17) is 4.74 Å². The standard InChI is InChI=1S/C11H19NO5S/c1-18(15,16)10-4-2-3-8(10)12-5-6-17-7-9(12)11(13)14/h8-10H,2-7H2,1H3,(H,13,14). The Morgan fingerprint density at radius 3 is 2.72 bits per heavy atom. The molecule has 0 amide bonds. The van der Waals surface area contributed by atoms with Gasteiger partial charge in [0.1, 0.15) is 6.04 Å². The van der Waals surface area contributed by atoms with Crippen molar-refractivity contribution in [1.82, 2.24) is 4.90 Å². The van der Waals surface area contributed by atoms with Crippen molar-refractivity contribution >= 4 is 15.8 Å². The van der Waals surface area contributed by atoms with E-state index in [1.165, 1.54) is 6.26 Å². The Hall–Kier alpha value is -0.660. The molecule has 6 nitrogen and oxygen atoms in total. The van der Waals surface area contributed by atoms with Gasteiger partial charge in [-0.05, 0) is 12.8 Å². The summed E-state index contributed by atoms with van der Waals surface area (Å²) in [5, 5.41) is 8.75. The smallest absolute Gasteiger partial charge is 0.323 e. The quantitative estimate of drug-likeness (QED) is 0.765. The first-order valence-corrected chi connectivity index (χ1v) is 8.12. The topological polar surface area (TPSA) is 83.9 Å². The first-order valence-electron chi connectivity index (χ1n) is 6.16. The molecule has 2 aliphatic rings. The Kier molecular flexibility index (Phi) is 3.93. The Bertz CT molecular complexity index is 421. The Labute approximate surface area is 107 Å². The predicted octanol–water partition coefficient (Wildman–Crippen LogP) is -0.262. The third-order valence-electron chi connectivity index (χ3n) is 3.85. The number of carboxylic acids is 1. The molecular weight excluding hydrogens is 258 g/mol. The number of morpholine rings is 1. The van der Waals surface area contributed by atoms with Crippen LogP contribution in [0.3, 0.4) is 0 Å². The Morgan fingerprint density at radius 1 is 1.39 bits per heavy atom. The fourth-order valence-electron chi connectivity index (χ4n) is 3.01. The highest BCUT2D eigenvalue weighted by Crippen LogP contribution is 2.31. The number of rotatable bonds is 3.